The molecule has 0 fully saturated rings. The fourth-order valence-corrected chi connectivity index (χ4v) is 12.4. The van der Waals surface area contributed by atoms with Crippen LogP contribution in [0.1, 0.15) is 27.7 Å². The number of hydrogen-bond donors (Lipinski definition) is 2. The SMILES string of the molecule is C[B]S(C)(C)COCOS(C)([B]C)COCC.C[B]S(C)(C)COCOS(C)([B]C)COCC.C[B]S(C)(CC)OCOCS(C)([B]C)OCS.C[B]S(C)(CC)OCOCS(C)([B]C)OCS. The maximum absolute atomic E-state index is 5.80. The predicted molar refractivity (Wildman–Crippen MR) is 344 cm³/mol. The number of rotatable bonds is 40. The van der Waals surface area contributed by atoms with Gasteiger partial charge < -0.3 is 53.5 Å². The van der Waals surface area contributed by atoms with Gasteiger partial charge in [0.2, 0.25) is 26.2 Å². The minimum Gasteiger partial charge on any atom is -0.372 e. The van der Waals surface area contributed by atoms with Crippen LogP contribution < -0.4 is 0 Å². The molecule has 0 aliphatic carbocycles. The standard InChI is InChI=1S/2C10H26B2O3S2.2C9H24B2O3S3/c2*1-7-13-10-17(6,12-3)15-8-14-9-16(4,5)11-2;2*1-6-16(4,10-2)13-7-12-9-17(5,11-3)14-8-15/h2*7-10H2,1-6H3;2*15H,6-9H2,1-5H3. The van der Waals surface area contributed by atoms with Crippen LogP contribution in [0, 0.1) is 0 Å². The van der Waals surface area contributed by atoms with Gasteiger partial charge in [-0.05, 0) is 87.9 Å². The van der Waals surface area contributed by atoms with Crippen LogP contribution in [0.25, 0.3) is 0 Å². The second-order valence-electron chi connectivity index (χ2n) is 16.1. The Balaban J connectivity index is -0.000000402. The Morgan fingerprint density at radius 2 is 0.515 bits per heavy atom. The van der Waals surface area contributed by atoms with E-state index in [-0.39, 0.29) is 0 Å². The average molecular weight is 1160 g/mol. The van der Waals surface area contributed by atoms with E-state index >= 15 is 0 Å². The number of thiol groups is 2. The van der Waals surface area contributed by atoms with Crippen molar-refractivity contribution in [2.75, 3.05) is 162 Å². The second-order valence-corrected chi connectivity index (χ2v) is 43.7. The van der Waals surface area contributed by atoms with Crippen molar-refractivity contribution in [3.05, 3.63) is 0 Å². The van der Waals surface area contributed by atoms with Crippen molar-refractivity contribution in [1.29, 1.82) is 0 Å². The average Bonchev–Trinajstić information content (AvgIpc) is 3.33. The maximum Gasteiger partial charge on any atom is 0.202 e. The van der Waals surface area contributed by atoms with Gasteiger partial charge in [0.1, 0.15) is 11.9 Å². The Bertz CT molecular complexity index is 1080. The van der Waals surface area contributed by atoms with E-state index in [1.54, 1.807) is 0 Å². The number of hydrogen-bond acceptors (Lipinski definition) is 14. The van der Waals surface area contributed by atoms with Crippen molar-refractivity contribution in [3.63, 3.8) is 0 Å². The predicted octanol–water partition coefficient (Wildman–Crippen LogP) is 11.1. The molecule has 0 aromatic heterocycles. The van der Waals surface area contributed by atoms with Gasteiger partial charge >= 0.3 is 0 Å². The highest BCUT2D eigenvalue weighted by Gasteiger charge is 2.22. The van der Waals surface area contributed by atoms with Crippen molar-refractivity contribution in [2.24, 2.45) is 0 Å². The summed E-state index contributed by atoms with van der Waals surface area (Å²) in [6.07, 6.45) is 21.5. The highest BCUT2D eigenvalue weighted by atomic mass is 32.3. The summed E-state index contributed by atoms with van der Waals surface area (Å²) in [6, 6.07) is 0. The van der Waals surface area contributed by atoms with Crippen LogP contribution in [-0.2, 0) is 53.5 Å². The molecule has 68 heavy (non-hydrogen) atoms. The Morgan fingerprint density at radius 1 is 0.294 bits per heavy atom. The van der Waals surface area contributed by atoms with Gasteiger partial charge in [0.15, 0.2) is 53.4 Å². The molecule has 0 aliphatic heterocycles. The molecule has 0 saturated heterocycles. The molecule has 0 aliphatic rings. The highest BCUT2D eigenvalue weighted by Crippen LogP contribution is 2.48. The monoisotopic (exact) mass is 1160 g/mol. The minimum absolute atomic E-state index is 0.330. The van der Waals surface area contributed by atoms with Crippen LogP contribution >= 0.6 is 106 Å². The normalized spacial score (nSPS) is 20.1. The van der Waals surface area contributed by atoms with Crippen molar-refractivity contribution >= 4 is 158 Å². The molecule has 30 heteroatoms. The van der Waals surface area contributed by atoms with Crippen LogP contribution in [0.3, 0.4) is 0 Å². The highest BCUT2D eigenvalue weighted by molar-refractivity contribution is 8.52. The summed E-state index contributed by atoms with van der Waals surface area (Å²) in [5, 5.41) is 0. The van der Waals surface area contributed by atoms with Gasteiger partial charge in [0, 0.05) is 13.2 Å². The maximum atomic E-state index is 5.80. The first kappa shape index (κ1) is 78.0. The van der Waals surface area contributed by atoms with Crippen LogP contribution in [0.15, 0.2) is 0 Å². The van der Waals surface area contributed by atoms with Crippen molar-refractivity contribution in [2.45, 2.75) is 82.3 Å². The third-order valence-corrected chi connectivity index (χ3v) is 29.5. The first-order chi connectivity index (χ1) is 31.7. The second kappa shape index (κ2) is 44.5. The molecule has 408 valence electrons. The van der Waals surface area contributed by atoms with E-state index in [4.69, 9.17) is 53.5 Å². The Hall–Kier alpha value is 3.54. The van der Waals surface area contributed by atoms with Crippen LogP contribution in [-0.4, -0.2) is 214 Å². The molecule has 0 amide bonds. The minimum atomic E-state index is -1.26. The zero-order chi connectivity index (χ0) is 53.5. The molecule has 0 saturated carbocycles. The van der Waals surface area contributed by atoms with Gasteiger partial charge in [-0.1, -0.05) is 68.4 Å². The van der Waals surface area contributed by atoms with E-state index in [1.807, 2.05) is 54.8 Å². The van der Waals surface area contributed by atoms with Gasteiger partial charge in [-0.25, -0.2) is 0 Å². The summed E-state index contributed by atoms with van der Waals surface area (Å²) in [4.78, 5) is 0. The molecule has 6 unspecified atom stereocenters. The summed E-state index contributed by atoms with van der Waals surface area (Å²) in [5.74, 6) is 6.82. The summed E-state index contributed by atoms with van der Waals surface area (Å²) >= 11 is 8.16. The van der Waals surface area contributed by atoms with Gasteiger partial charge in [0.05, 0.1) is 35.6 Å². The number of ether oxygens (including phenoxy) is 6. The van der Waals surface area contributed by atoms with Crippen LogP contribution in [0.4, 0.5) is 0 Å². The van der Waals surface area contributed by atoms with Crippen molar-refractivity contribution < 1.29 is 53.5 Å². The van der Waals surface area contributed by atoms with E-state index in [2.05, 4.69) is 168 Å². The molecular formula is C38H100B8O12S10. The summed E-state index contributed by atoms with van der Waals surface area (Å²) in [6.45, 7) is 44.4. The van der Waals surface area contributed by atoms with Crippen LogP contribution in [0.5, 0.6) is 0 Å². The van der Waals surface area contributed by atoms with E-state index in [1.165, 1.54) is 0 Å². The molecule has 0 spiro atoms. The van der Waals surface area contributed by atoms with Crippen molar-refractivity contribution in [3.8, 4) is 0 Å². The van der Waals surface area contributed by atoms with Gasteiger partial charge in [-0.2, -0.15) is 86.2 Å². The molecule has 6 atom stereocenters. The Morgan fingerprint density at radius 3 is 0.721 bits per heavy atom. The molecular weight excluding hydrogens is 1060 g/mol. The molecule has 0 aromatic rings. The largest absolute Gasteiger partial charge is 0.372 e. The zero-order valence-corrected chi connectivity index (χ0v) is 55.3. The summed E-state index contributed by atoms with van der Waals surface area (Å²) in [7, 11) is -8.56. The van der Waals surface area contributed by atoms with Crippen LogP contribution in [0.2, 0.25) is 54.6 Å². The van der Waals surface area contributed by atoms with E-state index in [0.29, 0.717) is 62.8 Å². The lowest BCUT2D eigenvalue weighted by atomic mass is 10.2. The summed E-state index contributed by atoms with van der Waals surface area (Å²) < 4.78 is 67.5. The molecule has 0 N–H and O–H groups in total. The van der Waals surface area contributed by atoms with Crippen molar-refractivity contribution in [1.82, 2.24) is 0 Å². The molecule has 8 radical (unpaired) electrons. The third kappa shape index (κ3) is 42.6. The first-order valence-corrected chi connectivity index (χ1v) is 42.4. The quantitative estimate of drug-likeness (QED) is 0.0264. The Labute approximate surface area is 452 Å². The smallest absolute Gasteiger partial charge is 0.202 e. The molecule has 0 bridgehead atoms. The molecule has 12 nitrogen and oxygen atoms in total. The van der Waals surface area contributed by atoms with E-state index in [0.717, 1.165) is 36.6 Å². The first-order valence-electron chi connectivity index (χ1n) is 22.6. The lowest BCUT2D eigenvalue weighted by Crippen LogP contribution is -2.18. The molecule has 0 aromatic carbocycles. The Kier molecular flexibility index (Phi) is 51.1. The third-order valence-electron chi connectivity index (χ3n) is 10.1. The lowest BCUT2D eigenvalue weighted by Gasteiger charge is -2.35. The van der Waals surface area contributed by atoms with E-state index in [9.17, 15) is 0 Å². The van der Waals surface area contributed by atoms with Gasteiger partial charge in [0.25, 0.3) is 0 Å². The fourth-order valence-electron chi connectivity index (χ4n) is 3.66. The van der Waals surface area contributed by atoms with Gasteiger partial charge in [-0.15, -0.1) is 0 Å². The molecule has 0 rings (SSSR count). The lowest BCUT2D eigenvalue weighted by molar-refractivity contribution is 0.0500. The van der Waals surface area contributed by atoms with E-state index < -0.39 is 80.7 Å². The summed E-state index contributed by atoms with van der Waals surface area (Å²) in [5.41, 5.74) is 0. The topological polar surface area (TPSA) is 111 Å². The zero-order valence-electron chi connectivity index (χ0n) is 47.0. The van der Waals surface area contributed by atoms with Gasteiger partial charge in [-0.3, -0.25) is 19.8 Å². The molecule has 0 heterocycles. The fraction of sp³-hybridized carbons (Fsp3) is 1.00.